The van der Waals surface area contributed by atoms with Crippen LogP contribution in [0.25, 0.3) is 22.4 Å². The summed E-state index contributed by atoms with van der Waals surface area (Å²) in [6.07, 6.45) is 7.08. The molecule has 0 fully saturated rings. The zero-order valence-electron chi connectivity index (χ0n) is 15.0. The van der Waals surface area contributed by atoms with Crippen LogP contribution in [0.5, 0.6) is 0 Å². The molecule has 0 aliphatic heterocycles. The molecule has 0 saturated heterocycles. The highest BCUT2D eigenvalue weighted by Gasteiger charge is 2.15. The van der Waals surface area contributed by atoms with Crippen molar-refractivity contribution in [1.82, 2.24) is 29.5 Å². The maximum atomic E-state index is 6.14. The second-order valence-corrected chi connectivity index (χ2v) is 6.70. The highest BCUT2D eigenvalue weighted by molar-refractivity contribution is 6.28. The van der Waals surface area contributed by atoms with Gasteiger partial charge in [0.15, 0.2) is 17.0 Å². The van der Waals surface area contributed by atoms with Gasteiger partial charge in [-0.3, -0.25) is 9.97 Å². The number of nitrogens with one attached hydrogen (secondary N) is 1. The molecule has 136 valence electrons. The van der Waals surface area contributed by atoms with Crippen molar-refractivity contribution in [2.45, 2.75) is 26.4 Å². The van der Waals surface area contributed by atoms with Gasteiger partial charge in [-0.1, -0.05) is 6.07 Å². The van der Waals surface area contributed by atoms with E-state index in [9.17, 15) is 0 Å². The van der Waals surface area contributed by atoms with Crippen LogP contribution in [-0.4, -0.2) is 29.5 Å². The first-order valence-corrected chi connectivity index (χ1v) is 8.99. The van der Waals surface area contributed by atoms with Crippen molar-refractivity contribution in [1.29, 1.82) is 0 Å². The van der Waals surface area contributed by atoms with E-state index in [1.54, 1.807) is 24.9 Å². The summed E-state index contributed by atoms with van der Waals surface area (Å²) in [6.45, 7) is 4.66. The van der Waals surface area contributed by atoms with Crippen LogP contribution in [0.15, 0.2) is 49.2 Å². The topological polar surface area (TPSA) is 81.4 Å². The summed E-state index contributed by atoms with van der Waals surface area (Å²) in [7, 11) is 0. The number of rotatable bonds is 5. The maximum Gasteiger partial charge on any atom is 0.226 e. The van der Waals surface area contributed by atoms with Gasteiger partial charge in [-0.2, -0.15) is 9.97 Å². The van der Waals surface area contributed by atoms with E-state index in [0.717, 1.165) is 16.8 Å². The molecule has 0 radical (unpaired) electrons. The largest absolute Gasteiger partial charge is 0.364 e. The fourth-order valence-corrected chi connectivity index (χ4v) is 3.08. The quantitative estimate of drug-likeness (QED) is 0.525. The van der Waals surface area contributed by atoms with Gasteiger partial charge in [-0.15, -0.1) is 0 Å². The molecule has 4 heterocycles. The lowest BCUT2D eigenvalue weighted by Crippen LogP contribution is -2.06. The Hall–Kier alpha value is -3.06. The molecule has 0 unspecified atom stereocenters. The lowest BCUT2D eigenvalue weighted by Gasteiger charge is -2.11. The Labute approximate surface area is 161 Å². The van der Waals surface area contributed by atoms with Crippen molar-refractivity contribution in [3.63, 3.8) is 0 Å². The van der Waals surface area contributed by atoms with Crippen LogP contribution >= 0.6 is 11.6 Å². The van der Waals surface area contributed by atoms with E-state index >= 15 is 0 Å². The van der Waals surface area contributed by atoms with Crippen LogP contribution in [0, 0.1) is 0 Å². The third kappa shape index (κ3) is 3.46. The smallest absolute Gasteiger partial charge is 0.226 e. The molecule has 1 N–H and O–H groups in total. The number of imidazole rings is 1. The second kappa shape index (κ2) is 7.28. The van der Waals surface area contributed by atoms with Crippen molar-refractivity contribution in [2.24, 2.45) is 0 Å². The zero-order valence-corrected chi connectivity index (χ0v) is 15.7. The number of halogens is 1. The number of anilines is 1. The predicted molar refractivity (Wildman–Crippen MR) is 106 cm³/mol. The van der Waals surface area contributed by atoms with Gasteiger partial charge in [0.05, 0.1) is 12.0 Å². The second-order valence-electron chi connectivity index (χ2n) is 6.37. The number of hydrogen-bond acceptors (Lipinski definition) is 6. The van der Waals surface area contributed by atoms with Gasteiger partial charge in [0.25, 0.3) is 0 Å². The van der Waals surface area contributed by atoms with Gasteiger partial charge in [0.2, 0.25) is 5.28 Å². The first kappa shape index (κ1) is 17.4. The summed E-state index contributed by atoms with van der Waals surface area (Å²) in [5, 5.41) is 3.52. The van der Waals surface area contributed by atoms with Crippen LogP contribution < -0.4 is 5.32 Å². The standard InChI is InChI=1S/C19H18ClN7/c1-12(2)27-11-24-16-17(25-19(20)26-18(16)27)23-10-14-6-4-8-22-15(14)13-5-3-7-21-9-13/h3-9,11-12H,10H2,1-2H3,(H,23,25,26). The van der Waals surface area contributed by atoms with Crippen LogP contribution in [-0.2, 0) is 6.54 Å². The Bertz CT molecular complexity index is 1080. The fraction of sp³-hybridized carbons (Fsp3) is 0.211. The van der Waals surface area contributed by atoms with Crippen molar-refractivity contribution in [3.05, 3.63) is 60.0 Å². The molecule has 7 nitrogen and oxygen atoms in total. The van der Waals surface area contributed by atoms with Gasteiger partial charge in [0.1, 0.15) is 0 Å². The molecular weight excluding hydrogens is 362 g/mol. The van der Waals surface area contributed by atoms with Gasteiger partial charge in [-0.25, -0.2) is 4.98 Å². The summed E-state index contributed by atoms with van der Waals surface area (Å²) in [5.74, 6) is 0.602. The Balaban J connectivity index is 1.67. The Kier molecular flexibility index (Phi) is 4.68. The molecular formula is C19H18ClN7. The minimum Gasteiger partial charge on any atom is -0.364 e. The van der Waals surface area contributed by atoms with Crippen LogP contribution in [0.1, 0.15) is 25.5 Å². The van der Waals surface area contributed by atoms with E-state index in [1.807, 2.05) is 28.8 Å². The molecule has 0 aliphatic rings. The first-order valence-electron chi connectivity index (χ1n) is 8.61. The lowest BCUT2D eigenvalue weighted by molar-refractivity contribution is 0.612. The van der Waals surface area contributed by atoms with E-state index in [1.165, 1.54) is 0 Å². The summed E-state index contributed by atoms with van der Waals surface area (Å²) < 4.78 is 1.97. The first-order chi connectivity index (χ1) is 13.1. The van der Waals surface area contributed by atoms with E-state index in [0.29, 0.717) is 23.5 Å². The van der Waals surface area contributed by atoms with Gasteiger partial charge < -0.3 is 9.88 Å². The Morgan fingerprint density at radius 3 is 2.74 bits per heavy atom. The van der Waals surface area contributed by atoms with Crippen LogP contribution in [0.3, 0.4) is 0 Å². The minimum absolute atomic E-state index is 0.186. The third-order valence-electron chi connectivity index (χ3n) is 4.22. The van der Waals surface area contributed by atoms with Crippen molar-refractivity contribution < 1.29 is 0 Å². The molecule has 27 heavy (non-hydrogen) atoms. The van der Waals surface area contributed by atoms with Crippen molar-refractivity contribution in [2.75, 3.05) is 5.32 Å². The SMILES string of the molecule is CC(C)n1cnc2c(NCc3cccnc3-c3cccnc3)nc(Cl)nc21. The summed E-state index contributed by atoms with van der Waals surface area (Å²) in [4.78, 5) is 21.8. The van der Waals surface area contributed by atoms with Crippen molar-refractivity contribution in [3.8, 4) is 11.3 Å². The van der Waals surface area contributed by atoms with Gasteiger partial charge in [0, 0.05) is 36.7 Å². The fourth-order valence-electron chi connectivity index (χ4n) is 2.91. The molecule has 0 atom stereocenters. The molecule has 8 heteroatoms. The minimum atomic E-state index is 0.186. The van der Waals surface area contributed by atoms with Crippen LogP contribution in [0.2, 0.25) is 5.28 Å². The highest BCUT2D eigenvalue weighted by atomic mass is 35.5. The lowest BCUT2D eigenvalue weighted by atomic mass is 10.1. The zero-order chi connectivity index (χ0) is 18.8. The Morgan fingerprint density at radius 1 is 1.11 bits per heavy atom. The normalized spacial score (nSPS) is 11.3. The molecule has 0 aliphatic carbocycles. The summed E-state index contributed by atoms with van der Waals surface area (Å²) >= 11 is 6.14. The number of fused-ring (bicyclic) bond motifs is 1. The van der Waals surface area contributed by atoms with Crippen molar-refractivity contribution >= 4 is 28.6 Å². The summed E-state index contributed by atoms with van der Waals surface area (Å²) in [5.41, 5.74) is 4.27. The van der Waals surface area contributed by atoms with Gasteiger partial charge in [-0.05, 0) is 49.2 Å². The molecule has 0 spiro atoms. The molecule has 0 bridgehead atoms. The molecule has 0 saturated carbocycles. The summed E-state index contributed by atoms with van der Waals surface area (Å²) in [6, 6.07) is 8.04. The Morgan fingerprint density at radius 2 is 1.96 bits per heavy atom. The van der Waals surface area contributed by atoms with Crippen LogP contribution in [0.4, 0.5) is 5.82 Å². The molecule has 0 amide bonds. The number of hydrogen-bond donors (Lipinski definition) is 1. The van der Waals surface area contributed by atoms with E-state index in [-0.39, 0.29) is 11.3 Å². The van der Waals surface area contributed by atoms with Gasteiger partial charge >= 0.3 is 0 Å². The number of nitrogens with zero attached hydrogens (tertiary/aromatic N) is 6. The highest BCUT2D eigenvalue weighted by Crippen LogP contribution is 2.25. The third-order valence-corrected chi connectivity index (χ3v) is 4.39. The maximum absolute atomic E-state index is 6.14. The average Bonchev–Trinajstić information content (AvgIpc) is 3.11. The van der Waals surface area contributed by atoms with E-state index < -0.39 is 0 Å². The monoisotopic (exact) mass is 379 g/mol. The average molecular weight is 380 g/mol. The molecule has 4 aromatic rings. The number of pyridine rings is 2. The van der Waals surface area contributed by atoms with E-state index in [2.05, 4.69) is 44.1 Å². The predicted octanol–water partition coefficient (Wildman–Crippen LogP) is 4.13. The molecule has 4 rings (SSSR count). The molecule has 4 aromatic heterocycles. The molecule has 0 aromatic carbocycles. The van der Waals surface area contributed by atoms with E-state index in [4.69, 9.17) is 11.6 Å². The number of aromatic nitrogens is 6.